The number of hydrogen-bond acceptors (Lipinski definition) is 2. The zero-order valence-corrected chi connectivity index (χ0v) is 8.53. The van der Waals surface area contributed by atoms with Crippen LogP contribution in [0.3, 0.4) is 0 Å². The fraction of sp³-hybridized carbons (Fsp3) is 0.333. The molecule has 0 fully saturated rings. The third kappa shape index (κ3) is 2.02. The number of rotatable bonds is 3. The number of aliphatic hydroxyl groups excluding tert-OH is 1. The molecule has 1 heterocycles. The molecule has 15 heavy (non-hydrogen) atoms. The lowest BCUT2D eigenvalue weighted by molar-refractivity contribution is 0.141. The molecule has 3 heteroatoms. The molecule has 0 aliphatic rings. The molecule has 0 amide bonds. The molecule has 0 saturated heterocycles. The number of halogens is 1. The van der Waals surface area contributed by atoms with Crippen LogP contribution in [0, 0.1) is 5.82 Å². The minimum Gasteiger partial charge on any atom is -0.458 e. The Morgan fingerprint density at radius 3 is 2.93 bits per heavy atom. The van der Waals surface area contributed by atoms with Gasteiger partial charge in [0.15, 0.2) is 0 Å². The van der Waals surface area contributed by atoms with E-state index in [0.717, 1.165) is 6.42 Å². The van der Waals surface area contributed by atoms with Gasteiger partial charge in [-0.25, -0.2) is 4.39 Å². The summed E-state index contributed by atoms with van der Waals surface area (Å²) >= 11 is 0. The third-order valence-electron chi connectivity index (χ3n) is 2.39. The van der Waals surface area contributed by atoms with Crippen molar-refractivity contribution in [1.29, 1.82) is 0 Å². The Labute approximate surface area is 87.3 Å². The van der Waals surface area contributed by atoms with Crippen LogP contribution in [0.15, 0.2) is 28.7 Å². The second-order valence-corrected chi connectivity index (χ2v) is 3.64. The summed E-state index contributed by atoms with van der Waals surface area (Å²) in [5, 5.41) is 10.4. The van der Waals surface area contributed by atoms with Crippen LogP contribution in [0.4, 0.5) is 4.39 Å². The molecule has 1 unspecified atom stereocenters. The highest BCUT2D eigenvalue weighted by Gasteiger charge is 2.12. The lowest BCUT2D eigenvalue weighted by Crippen LogP contribution is -1.93. The molecule has 1 aromatic heterocycles. The van der Waals surface area contributed by atoms with Gasteiger partial charge in [-0.1, -0.05) is 13.3 Å². The normalized spacial score (nSPS) is 13.3. The molecule has 1 aromatic carbocycles. The molecule has 80 valence electrons. The molecule has 2 nitrogen and oxygen atoms in total. The maximum atomic E-state index is 12.9. The van der Waals surface area contributed by atoms with Crippen molar-refractivity contribution < 1.29 is 13.9 Å². The van der Waals surface area contributed by atoms with Gasteiger partial charge in [0.05, 0.1) is 0 Å². The Morgan fingerprint density at radius 1 is 1.40 bits per heavy atom. The van der Waals surface area contributed by atoms with Gasteiger partial charge in [-0.3, -0.25) is 0 Å². The van der Waals surface area contributed by atoms with Crippen molar-refractivity contribution in [2.24, 2.45) is 0 Å². The highest BCUT2D eigenvalue weighted by molar-refractivity contribution is 5.77. The van der Waals surface area contributed by atoms with Gasteiger partial charge >= 0.3 is 0 Å². The van der Waals surface area contributed by atoms with Gasteiger partial charge in [0.2, 0.25) is 0 Å². The fourth-order valence-electron chi connectivity index (χ4n) is 1.61. The Balaban J connectivity index is 2.38. The van der Waals surface area contributed by atoms with Crippen molar-refractivity contribution in [3.05, 3.63) is 35.8 Å². The maximum Gasteiger partial charge on any atom is 0.134 e. The zero-order valence-electron chi connectivity index (χ0n) is 8.53. The topological polar surface area (TPSA) is 33.4 Å². The first-order valence-corrected chi connectivity index (χ1v) is 5.07. The summed E-state index contributed by atoms with van der Waals surface area (Å²) < 4.78 is 18.3. The van der Waals surface area contributed by atoms with E-state index >= 15 is 0 Å². The predicted molar refractivity (Wildman–Crippen MR) is 56.0 cm³/mol. The maximum absolute atomic E-state index is 12.9. The molecule has 0 spiro atoms. The van der Waals surface area contributed by atoms with Crippen molar-refractivity contribution >= 4 is 11.0 Å². The van der Waals surface area contributed by atoms with E-state index in [1.54, 1.807) is 12.1 Å². The van der Waals surface area contributed by atoms with E-state index in [0.29, 0.717) is 23.2 Å². The van der Waals surface area contributed by atoms with E-state index in [1.165, 1.54) is 12.1 Å². The predicted octanol–water partition coefficient (Wildman–Crippen LogP) is 3.41. The lowest BCUT2D eigenvalue weighted by Gasteiger charge is -2.03. The van der Waals surface area contributed by atoms with Crippen molar-refractivity contribution in [2.75, 3.05) is 0 Å². The second kappa shape index (κ2) is 4.03. The van der Waals surface area contributed by atoms with Gasteiger partial charge in [0, 0.05) is 5.39 Å². The van der Waals surface area contributed by atoms with Gasteiger partial charge in [-0.05, 0) is 30.7 Å². The van der Waals surface area contributed by atoms with E-state index in [9.17, 15) is 9.50 Å². The summed E-state index contributed by atoms with van der Waals surface area (Å²) in [6, 6.07) is 6.02. The Hall–Kier alpha value is -1.35. The molecule has 0 saturated carbocycles. The van der Waals surface area contributed by atoms with Crippen molar-refractivity contribution in [2.45, 2.75) is 25.9 Å². The second-order valence-electron chi connectivity index (χ2n) is 3.64. The molecule has 2 rings (SSSR count). The average Bonchev–Trinajstić information content (AvgIpc) is 2.60. The summed E-state index contributed by atoms with van der Waals surface area (Å²) in [6.07, 6.45) is 0.944. The van der Waals surface area contributed by atoms with E-state index in [1.807, 2.05) is 6.92 Å². The first-order valence-electron chi connectivity index (χ1n) is 5.07. The van der Waals surface area contributed by atoms with Gasteiger partial charge in [-0.15, -0.1) is 0 Å². The van der Waals surface area contributed by atoms with E-state index in [2.05, 4.69) is 0 Å². The molecule has 1 atom stereocenters. The van der Waals surface area contributed by atoms with Crippen LogP contribution < -0.4 is 0 Å². The summed E-state index contributed by atoms with van der Waals surface area (Å²) in [5.41, 5.74) is 0.613. The minimum atomic E-state index is -0.592. The number of hydrogen-bond donors (Lipinski definition) is 1. The smallest absolute Gasteiger partial charge is 0.134 e. The van der Waals surface area contributed by atoms with Crippen LogP contribution in [0.5, 0.6) is 0 Å². The highest BCUT2D eigenvalue weighted by atomic mass is 19.1. The Morgan fingerprint density at radius 2 is 2.20 bits per heavy atom. The molecule has 0 aliphatic carbocycles. The van der Waals surface area contributed by atoms with E-state index in [4.69, 9.17) is 4.42 Å². The van der Waals surface area contributed by atoms with Crippen molar-refractivity contribution in [3.8, 4) is 0 Å². The van der Waals surface area contributed by atoms with Gasteiger partial charge in [0.1, 0.15) is 23.3 Å². The quantitative estimate of drug-likeness (QED) is 0.838. The zero-order chi connectivity index (χ0) is 10.8. The van der Waals surface area contributed by atoms with Crippen molar-refractivity contribution in [3.63, 3.8) is 0 Å². The standard InChI is InChI=1S/C12H13FO2/c1-2-3-10(14)12-7-8-6-9(13)4-5-11(8)15-12/h4-7,10,14H,2-3H2,1H3. The van der Waals surface area contributed by atoms with Crippen LogP contribution in [-0.4, -0.2) is 5.11 Å². The van der Waals surface area contributed by atoms with Crippen LogP contribution in [0.2, 0.25) is 0 Å². The molecule has 0 aliphatic heterocycles. The van der Waals surface area contributed by atoms with E-state index < -0.39 is 6.10 Å². The first kappa shape index (κ1) is 10.2. The number of furan rings is 1. The SMILES string of the molecule is CCCC(O)c1cc2cc(F)ccc2o1. The number of aliphatic hydroxyl groups is 1. The van der Waals surface area contributed by atoms with Gasteiger partial charge < -0.3 is 9.52 Å². The minimum absolute atomic E-state index is 0.292. The molecule has 0 radical (unpaired) electrons. The Bertz CT molecular complexity index is 462. The highest BCUT2D eigenvalue weighted by Crippen LogP contribution is 2.26. The molecule has 0 bridgehead atoms. The number of benzene rings is 1. The largest absolute Gasteiger partial charge is 0.458 e. The first-order chi connectivity index (χ1) is 7.20. The molecular formula is C12H13FO2. The van der Waals surface area contributed by atoms with Crippen LogP contribution in [0.25, 0.3) is 11.0 Å². The average molecular weight is 208 g/mol. The summed E-state index contributed by atoms with van der Waals surface area (Å²) in [5.74, 6) is 0.220. The van der Waals surface area contributed by atoms with Crippen LogP contribution >= 0.6 is 0 Å². The Kier molecular flexibility index (Phi) is 2.73. The molecule has 2 aromatic rings. The lowest BCUT2D eigenvalue weighted by atomic mass is 10.1. The fourth-order valence-corrected chi connectivity index (χ4v) is 1.61. The number of fused-ring (bicyclic) bond motifs is 1. The van der Waals surface area contributed by atoms with Crippen LogP contribution in [-0.2, 0) is 0 Å². The monoisotopic (exact) mass is 208 g/mol. The summed E-state index contributed by atoms with van der Waals surface area (Å²) in [4.78, 5) is 0. The van der Waals surface area contributed by atoms with Crippen molar-refractivity contribution in [1.82, 2.24) is 0 Å². The molecule has 1 N–H and O–H groups in total. The van der Waals surface area contributed by atoms with Gasteiger partial charge in [-0.2, -0.15) is 0 Å². The van der Waals surface area contributed by atoms with Crippen LogP contribution in [0.1, 0.15) is 31.6 Å². The van der Waals surface area contributed by atoms with Gasteiger partial charge in [0.25, 0.3) is 0 Å². The summed E-state index contributed by atoms with van der Waals surface area (Å²) in [7, 11) is 0. The van der Waals surface area contributed by atoms with E-state index in [-0.39, 0.29) is 5.82 Å². The third-order valence-corrected chi connectivity index (χ3v) is 2.39. The summed E-state index contributed by atoms with van der Waals surface area (Å²) in [6.45, 7) is 1.99. The molecular weight excluding hydrogens is 195 g/mol.